The highest BCUT2D eigenvalue weighted by atomic mass is 16.6. The van der Waals surface area contributed by atoms with Crippen LogP contribution in [-0.4, -0.2) is 9.91 Å². The van der Waals surface area contributed by atoms with Crippen molar-refractivity contribution in [1.29, 1.82) is 0 Å². The Bertz CT molecular complexity index is 557. The number of nitrogens with two attached hydrogens (primary N) is 1. The molecule has 17 heavy (non-hydrogen) atoms. The standard InChI is InChI=1S/C11H10N4O2/c12-8-3-1-4-9(7-8)14-10-5-2-6-13-11(10)15(16)17/h1-7,14H,12H2. The van der Waals surface area contributed by atoms with Gasteiger partial charge in [0.1, 0.15) is 11.9 Å². The number of aromatic nitrogens is 1. The van der Waals surface area contributed by atoms with E-state index in [2.05, 4.69) is 10.3 Å². The molecule has 3 N–H and O–H groups in total. The van der Waals surface area contributed by atoms with Crippen LogP contribution in [0.3, 0.4) is 0 Å². The maximum absolute atomic E-state index is 10.8. The van der Waals surface area contributed by atoms with E-state index in [0.717, 1.165) is 0 Å². The fourth-order valence-corrected chi connectivity index (χ4v) is 1.41. The summed E-state index contributed by atoms with van der Waals surface area (Å²) in [5.41, 5.74) is 7.22. The monoisotopic (exact) mass is 230 g/mol. The second-order valence-corrected chi connectivity index (χ2v) is 3.38. The number of nitrogens with one attached hydrogen (secondary N) is 1. The van der Waals surface area contributed by atoms with Crippen molar-refractivity contribution in [1.82, 2.24) is 4.98 Å². The van der Waals surface area contributed by atoms with E-state index in [0.29, 0.717) is 17.1 Å². The summed E-state index contributed by atoms with van der Waals surface area (Å²) in [4.78, 5) is 13.9. The smallest absolute Gasteiger partial charge is 0.387 e. The molecule has 0 aliphatic carbocycles. The van der Waals surface area contributed by atoms with Crippen LogP contribution in [0.25, 0.3) is 0 Å². The SMILES string of the molecule is Nc1cccc(Nc2cccnc2[N+](=O)[O-])c1. The van der Waals surface area contributed by atoms with E-state index in [-0.39, 0.29) is 5.82 Å². The number of anilines is 3. The van der Waals surface area contributed by atoms with Gasteiger partial charge >= 0.3 is 5.82 Å². The van der Waals surface area contributed by atoms with Gasteiger partial charge in [-0.2, -0.15) is 0 Å². The summed E-state index contributed by atoms with van der Waals surface area (Å²) in [7, 11) is 0. The lowest BCUT2D eigenvalue weighted by Gasteiger charge is -2.06. The number of pyridine rings is 1. The van der Waals surface area contributed by atoms with Gasteiger partial charge in [0, 0.05) is 11.4 Å². The third kappa shape index (κ3) is 2.49. The molecule has 0 atom stereocenters. The van der Waals surface area contributed by atoms with E-state index in [1.165, 1.54) is 6.20 Å². The number of hydrogen-bond acceptors (Lipinski definition) is 5. The van der Waals surface area contributed by atoms with E-state index in [1.807, 2.05) is 0 Å². The second-order valence-electron chi connectivity index (χ2n) is 3.38. The zero-order valence-electron chi connectivity index (χ0n) is 8.83. The Kier molecular flexibility index (Phi) is 2.87. The van der Waals surface area contributed by atoms with Gasteiger partial charge in [-0.3, -0.25) is 0 Å². The van der Waals surface area contributed by atoms with E-state index in [9.17, 15) is 10.1 Å². The minimum atomic E-state index is -0.533. The van der Waals surface area contributed by atoms with Crippen LogP contribution < -0.4 is 11.1 Å². The molecule has 0 spiro atoms. The molecule has 2 rings (SSSR count). The topological polar surface area (TPSA) is 94.1 Å². The molecular formula is C11H10N4O2. The van der Waals surface area contributed by atoms with Gasteiger partial charge in [-0.05, 0) is 40.2 Å². The Labute approximate surface area is 97.3 Å². The molecule has 0 bridgehead atoms. The average Bonchev–Trinajstić information content (AvgIpc) is 2.29. The van der Waals surface area contributed by atoms with Gasteiger partial charge < -0.3 is 21.2 Å². The lowest BCUT2D eigenvalue weighted by molar-refractivity contribution is -0.388. The quantitative estimate of drug-likeness (QED) is 0.479. The highest BCUT2D eigenvalue weighted by Crippen LogP contribution is 2.25. The molecule has 86 valence electrons. The number of rotatable bonds is 3. The molecule has 0 saturated carbocycles. The number of nitrogen functional groups attached to an aromatic ring is 1. The predicted molar refractivity (Wildman–Crippen MR) is 65.0 cm³/mol. The van der Waals surface area contributed by atoms with Crippen molar-refractivity contribution in [3.05, 3.63) is 52.7 Å². The van der Waals surface area contributed by atoms with Crippen molar-refractivity contribution in [2.45, 2.75) is 0 Å². The van der Waals surface area contributed by atoms with Gasteiger partial charge in [-0.25, -0.2) is 0 Å². The van der Waals surface area contributed by atoms with Gasteiger partial charge in [-0.1, -0.05) is 6.07 Å². The van der Waals surface area contributed by atoms with Crippen molar-refractivity contribution >= 4 is 22.9 Å². The molecule has 2 aromatic rings. The Morgan fingerprint density at radius 1 is 1.29 bits per heavy atom. The fraction of sp³-hybridized carbons (Fsp3) is 0. The molecule has 6 heteroatoms. The predicted octanol–water partition coefficient (Wildman–Crippen LogP) is 2.32. The molecule has 0 aliphatic heterocycles. The minimum absolute atomic E-state index is 0.213. The summed E-state index contributed by atoms with van der Waals surface area (Å²) in [6, 6.07) is 10.2. The third-order valence-electron chi connectivity index (χ3n) is 2.13. The molecule has 1 heterocycles. The molecule has 0 saturated heterocycles. The Hall–Kier alpha value is -2.63. The first-order valence-corrected chi connectivity index (χ1v) is 4.89. The molecular weight excluding hydrogens is 220 g/mol. The molecule has 6 nitrogen and oxygen atoms in total. The van der Waals surface area contributed by atoms with Crippen LogP contribution >= 0.6 is 0 Å². The average molecular weight is 230 g/mol. The van der Waals surface area contributed by atoms with Crippen molar-refractivity contribution in [3.63, 3.8) is 0 Å². The first kappa shape index (κ1) is 10.9. The highest BCUT2D eigenvalue weighted by molar-refractivity contribution is 5.68. The van der Waals surface area contributed by atoms with Crippen LogP contribution in [0, 0.1) is 10.1 Å². The molecule has 1 aromatic heterocycles. The van der Waals surface area contributed by atoms with Gasteiger partial charge in [0.2, 0.25) is 0 Å². The molecule has 0 aliphatic rings. The van der Waals surface area contributed by atoms with Gasteiger partial charge in [0.15, 0.2) is 0 Å². The Balaban J connectivity index is 2.33. The number of hydrogen-bond donors (Lipinski definition) is 2. The van der Waals surface area contributed by atoms with Crippen molar-refractivity contribution in [3.8, 4) is 0 Å². The molecule has 1 aromatic carbocycles. The van der Waals surface area contributed by atoms with Crippen LogP contribution in [-0.2, 0) is 0 Å². The number of benzene rings is 1. The van der Waals surface area contributed by atoms with Crippen molar-refractivity contribution < 1.29 is 4.92 Å². The third-order valence-corrected chi connectivity index (χ3v) is 2.13. The molecule has 0 unspecified atom stereocenters. The second kappa shape index (κ2) is 4.48. The summed E-state index contributed by atoms with van der Waals surface area (Å²) in [5.74, 6) is -0.213. The summed E-state index contributed by atoms with van der Waals surface area (Å²) in [6.07, 6.45) is 1.38. The van der Waals surface area contributed by atoms with Crippen LogP contribution in [0.1, 0.15) is 0 Å². The molecule has 0 fully saturated rings. The van der Waals surface area contributed by atoms with E-state index >= 15 is 0 Å². The van der Waals surface area contributed by atoms with Crippen LogP contribution in [0.15, 0.2) is 42.6 Å². The van der Waals surface area contributed by atoms with Crippen LogP contribution in [0.2, 0.25) is 0 Å². The summed E-state index contributed by atoms with van der Waals surface area (Å²) >= 11 is 0. The summed E-state index contributed by atoms with van der Waals surface area (Å²) < 4.78 is 0. The van der Waals surface area contributed by atoms with Gasteiger partial charge in [0.05, 0.1) is 0 Å². The zero-order valence-corrected chi connectivity index (χ0v) is 8.83. The minimum Gasteiger partial charge on any atom is -0.399 e. The normalized spacial score (nSPS) is 9.88. The van der Waals surface area contributed by atoms with Crippen LogP contribution in [0.5, 0.6) is 0 Å². The largest absolute Gasteiger partial charge is 0.399 e. The van der Waals surface area contributed by atoms with Crippen molar-refractivity contribution in [2.24, 2.45) is 0 Å². The fourth-order valence-electron chi connectivity index (χ4n) is 1.41. The highest BCUT2D eigenvalue weighted by Gasteiger charge is 2.13. The summed E-state index contributed by atoms with van der Waals surface area (Å²) in [5, 5.41) is 13.7. The maximum Gasteiger partial charge on any atom is 0.387 e. The Morgan fingerprint density at radius 3 is 2.82 bits per heavy atom. The van der Waals surface area contributed by atoms with Crippen molar-refractivity contribution in [2.75, 3.05) is 11.1 Å². The number of nitro groups is 1. The molecule has 0 radical (unpaired) electrons. The first-order valence-electron chi connectivity index (χ1n) is 4.89. The van der Waals surface area contributed by atoms with E-state index in [4.69, 9.17) is 5.73 Å². The number of nitrogens with zero attached hydrogens (tertiary/aromatic N) is 2. The summed E-state index contributed by atoms with van der Waals surface area (Å²) in [6.45, 7) is 0. The Morgan fingerprint density at radius 2 is 2.12 bits per heavy atom. The van der Waals surface area contributed by atoms with Gasteiger partial charge in [-0.15, -0.1) is 0 Å². The van der Waals surface area contributed by atoms with Crippen LogP contribution in [0.4, 0.5) is 22.9 Å². The van der Waals surface area contributed by atoms with E-state index in [1.54, 1.807) is 36.4 Å². The lowest BCUT2D eigenvalue weighted by atomic mass is 10.2. The first-order chi connectivity index (χ1) is 8.16. The van der Waals surface area contributed by atoms with E-state index < -0.39 is 4.92 Å². The zero-order chi connectivity index (χ0) is 12.3. The molecule has 0 amide bonds. The lowest BCUT2D eigenvalue weighted by Crippen LogP contribution is -1.99. The van der Waals surface area contributed by atoms with Gasteiger partial charge in [0.25, 0.3) is 0 Å². The maximum atomic E-state index is 10.8.